The first-order valence-electron chi connectivity index (χ1n) is 10.0. The fraction of sp³-hybridized carbons (Fsp3) is 0.160. The van der Waals surface area contributed by atoms with E-state index >= 15 is 0 Å². The first-order chi connectivity index (χ1) is 15.9. The van der Waals surface area contributed by atoms with Crippen LogP contribution in [0.25, 0.3) is 34.0 Å². The van der Waals surface area contributed by atoms with E-state index in [9.17, 15) is 9.18 Å². The molecule has 0 unspecified atom stereocenters. The number of nitrogens with zero attached hydrogens (tertiary/aromatic N) is 2. The van der Waals surface area contributed by atoms with Gasteiger partial charge in [0, 0.05) is 16.7 Å². The van der Waals surface area contributed by atoms with Gasteiger partial charge in [-0.3, -0.25) is 0 Å². The van der Waals surface area contributed by atoms with Crippen LogP contribution in [0.15, 0.2) is 59.1 Å². The first kappa shape index (κ1) is 22.0. The second-order valence-electron chi connectivity index (χ2n) is 7.21. The number of halogens is 1. The molecule has 0 saturated heterocycles. The minimum Gasteiger partial charge on any atom is -0.497 e. The number of benzene rings is 3. The Morgan fingerprint density at radius 3 is 2.36 bits per heavy atom. The van der Waals surface area contributed by atoms with Crippen LogP contribution in [0.5, 0.6) is 11.5 Å². The third kappa shape index (κ3) is 4.27. The van der Waals surface area contributed by atoms with Crippen LogP contribution in [-0.2, 0) is 4.74 Å². The van der Waals surface area contributed by atoms with E-state index in [4.69, 9.17) is 14.0 Å². The van der Waals surface area contributed by atoms with Crippen LogP contribution >= 0.6 is 0 Å². The molecule has 33 heavy (non-hydrogen) atoms. The molecule has 0 aliphatic rings. The summed E-state index contributed by atoms with van der Waals surface area (Å²) in [6.07, 6.45) is 0. The van der Waals surface area contributed by atoms with Crippen LogP contribution in [0.3, 0.4) is 0 Å². The van der Waals surface area contributed by atoms with Crippen LogP contribution in [-0.4, -0.2) is 37.4 Å². The van der Waals surface area contributed by atoms with E-state index in [0.29, 0.717) is 11.1 Å². The summed E-state index contributed by atoms with van der Waals surface area (Å²) in [5.74, 6) is 0.464. The zero-order chi connectivity index (χ0) is 23.5. The number of rotatable bonds is 6. The fourth-order valence-corrected chi connectivity index (χ4v) is 3.51. The number of ether oxygens (including phenoxy) is 3. The minimum absolute atomic E-state index is 0.163. The van der Waals surface area contributed by atoms with Gasteiger partial charge in [0.1, 0.15) is 17.3 Å². The maximum Gasteiger partial charge on any atom is 0.340 e. The number of aryl methyl sites for hydroxylation is 1. The van der Waals surface area contributed by atoms with Crippen molar-refractivity contribution in [3.8, 4) is 45.5 Å². The molecule has 0 spiro atoms. The second-order valence-corrected chi connectivity index (χ2v) is 7.21. The number of methoxy groups -OCH3 is 3. The predicted molar refractivity (Wildman–Crippen MR) is 120 cm³/mol. The van der Waals surface area contributed by atoms with Crippen molar-refractivity contribution < 1.29 is 27.9 Å². The van der Waals surface area contributed by atoms with Crippen molar-refractivity contribution in [3.05, 3.63) is 71.5 Å². The van der Waals surface area contributed by atoms with Crippen molar-refractivity contribution in [1.82, 2.24) is 10.1 Å². The number of hydrogen-bond donors (Lipinski definition) is 0. The second kappa shape index (κ2) is 9.12. The lowest BCUT2D eigenvalue weighted by molar-refractivity contribution is 0.0595. The molecule has 0 N–H and O–H groups in total. The third-order valence-corrected chi connectivity index (χ3v) is 5.23. The van der Waals surface area contributed by atoms with Gasteiger partial charge in [0.05, 0.1) is 26.9 Å². The smallest absolute Gasteiger partial charge is 0.340 e. The van der Waals surface area contributed by atoms with Gasteiger partial charge in [-0.2, -0.15) is 4.98 Å². The van der Waals surface area contributed by atoms with E-state index in [2.05, 4.69) is 14.9 Å². The Balaban J connectivity index is 1.66. The number of hydrogen-bond acceptors (Lipinski definition) is 7. The Labute approximate surface area is 189 Å². The fourth-order valence-electron chi connectivity index (χ4n) is 3.51. The minimum atomic E-state index is -0.754. The average Bonchev–Trinajstić information content (AvgIpc) is 3.33. The highest BCUT2D eigenvalue weighted by Crippen LogP contribution is 2.36. The van der Waals surface area contributed by atoms with E-state index in [1.807, 2.05) is 43.3 Å². The Kier molecular flexibility index (Phi) is 6.08. The lowest BCUT2D eigenvalue weighted by Crippen LogP contribution is -2.04. The molecule has 0 bridgehead atoms. The van der Waals surface area contributed by atoms with Gasteiger partial charge < -0.3 is 18.7 Å². The molecule has 0 aliphatic heterocycles. The van der Waals surface area contributed by atoms with Crippen LogP contribution in [0.2, 0.25) is 0 Å². The number of carbonyl (C=O) groups excluding carboxylic acids is 1. The van der Waals surface area contributed by atoms with Gasteiger partial charge in [-0.1, -0.05) is 11.2 Å². The Morgan fingerprint density at radius 2 is 1.70 bits per heavy atom. The zero-order valence-corrected chi connectivity index (χ0v) is 18.5. The quantitative estimate of drug-likeness (QED) is 0.369. The van der Waals surface area contributed by atoms with Crippen molar-refractivity contribution in [1.29, 1.82) is 0 Å². The molecule has 7 nitrogen and oxygen atoms in total. The molecule has 0 aliphatic carbocycles. The maximum atomic E-state index is 14.3. The van der Waals surface area contributed by atoms with E-state index in [1.54, 1.807) is 14.2 Å². The van der Waals surface area contributed by atoms with Crippen LogP contribution in [0, 0.1) is 12.7 Å². The maximum absolute atomic E-state index is 14.3. The molecule has 4 aromatic rings. The molecule has 0 fully saturated rings. The largest absolute Gasteiger partial charge is 0.497 e. The summed E-state index contributed by atoms with van der Waals surface area (Å²) >= 11 is 0. The summed E-state index contributed by atoms with van der Waals surface area (Å²) in [4.78, 5) is 16.0. The summed E-state index contributed by atoms with van der Waals surface area (Å²) in [5, 5.41) is 3.95. The molecule has 0 saturated carbocycles. The highest BCUT2D eigenvalue weighted by Gasteiger charge is 2.17. The summed E-state index contributed by atoms with van der Waals surface area (Å²) in [7, 11) is 4.43. The van der Waals surface area contributed by atoms with Crippen molar-refractivity contribution in [2.24, 2.45) is 0 Å². The van der Waals surface area contributed by atoms with Crippen molar-refractivity contribution >= 4 is 5.97 Å². The van der Waals surface area contributed by atoms with Gasteiger partial charge in [0.25, 0.3) is 5.89 Å². The van der Waals surface area contributed by atoms with Crippen molar-refractivity contribution in [2.45, 2.75) is 6.92 Å². The topological polar surface area (TPSA) is 83.7 Å². The molecule has 3 aromatic carbocycles. The van der Waals surface area contributed by atoms with Gasteiger partial charge in [-0.15, -0.1) is 0 Å². The number of esters is 1. The Bertz CT molecular complexity index is 1330. The number of aromatic nitrogens is 2. The summed E-state index contributed by atoms with van der Waals surface area (Å²) in [6, 6.07) is 15.4. The average molecular weight is 448 g/mol. The van der Waals surface area contributed by atoms with Crippen LogP contribution in [0.4, 0.5) is 4.39 Å². The van der Waals surface area contributed by atoms with E-state index in [1.165, 1.54) is 25.3 Å². The molecule has 1 heterocycles. The lowest BCUT2D eigenvalue weighted by Gasteiger charge is -2.13. The molecule has 8 heteroatoms. The Morgan fingerprint density at radius 1 is 0.909 bits per heavy atom. The normalized spacial score (nSPS) is 10.7. The van der Waals surface area contributed by atoms with Crippen LogP contribution in [0.1, 0.15) is 15.9 Å². The van der Waals surface area contributed by atoms with E-state index < -0.39 is 11.8 Å². The summed E-state index contributed by atoms with van der Waals surface area (Å²) in [6.45, 7) is 1.97. The molecular formula is C25H21FN2O5. The van der Waals surface area contributed by atoms with E-state index in [0.717, 1.165) is 28.2 Å². The first-order valence-corrected chi connectivity index (χ1v) is 10.0. The standard InChI is InChI=1S/C25H21FN2O5/c1-14-11-16(6-8-18(14)20-13-17(30-2)7-10-22(20)31-3)24-27-23(28-33-24)15-5-9-19(21(26)12-15)25(29)32-4/h5-13H,1-4H3. The van der Waals surface area contributed by atoms with Gasteiger partial charge in [-0.25, -0.2) is 9.18 Å². The number of carbonyl (C=O) groups is 1. The molecular weight excluding hydrogens is 427 g/mol. The van der Waals surface area contributed by atoms with Gasteiger partial charge >= 0.3 is 5.97 Å². The van der Waals surface area contributed by atoms with Crippen molar-refractivity contribution in [2.75, 3.05) is 21.3 Å². The van der Waals surface area contributed by atoms with Crippen molar-refractivity contribution in [3.63, 3.8) is 0 Å². The Hall–Kier alpha value is -4.20. The SMILES string of the molecule is COC(=O)c1ccc(-c2noc(-c3ccc(-c4cc(OC)ccc4OC)c(C)c3)n2)cc1F. The lowest BCUT2D eigenvalue weighted by atomic mass is 9.97. The van der Waals surface area contributed by atoms with Gasteiger partial charge in [0.2, 0.25) is 5.82 Å². The van der Waals surface area contributed by atoms with Gasteiger partial charge in [-0.05, 0) is 66.6 Å². The highest BCUT2D eigenvalue weighted by atomic mass is 19.1. The molecule has 1 aromatic heterocycles. The molecule has 168 valence electrons. The highest BCUT2D eigenvalue weighted by molar-refractivity contribution is 5.90. The molecule has 0 atom stereocenters. The molecule has 0 amide bonds. The van der Waals surface area contributed by atoms with E-state index in [-0.39, 0.29) is 17.3 Å². The van der Waals surface area contributed by atoms with Gasteiger partial charge in [0.15, 0.2) is 0 Å². The molecule has 0 radical (unpaired) electrons. The molecule has 4 rings (SSSR count). The summed E-state index contributed by atoms with van der Waals surface area (Å²) in [5.41, 5.74) is 3.76. The zero-order valence-electron chi connectivity index (χ0n) is 18.5. The summed E-state index contributed by atoms with van der Waals surface area (Å²) < 4.78 is 35.1. The third-order valence-electron chi connectivity index (χ3n) is 5.23. The predicted octanol–water partition coefficient (Wildman–Crippen LogP) is 5.32. The monoisotopic (exact) mass is 448 g/mol. The van der Waals surface area contributed by atoms with Crippen LogP contribution < -0.4 is 9.47 Å².